The molecule has 1 aliphatic heterocycles. The first-order valence-corrected chi connectivity index (χ1v) is 16.0. The molecule has 0 radical (unpaired) electrons. The van der Waals surface area contributed by atoms with E-state index >= 15 is 0 Å². The smallest absolute Gasteiger partial charge is 0.260 e. The average molecular weight is 689 g/mol. The summed E-state index contributed by atoms with van der Waals surface area (Å²) >= 11 is 0. The van der Waals surface area contributed by atoms with Crippen molar-refractivity contribution in [2.45, 2.75) is 51.6 Å². The van der Waals surface area contributed by atoms with E-state index < -0.39 is 30.4 Å². The number of carbonyl (C=O) groups excluding carboxylic acids is 6. The number of nitrogen functional groups attached to an aromatic ring is 1. The molecule has 1 fully saturated rings. The molecule has 1 aromatic heterocycles. The number of para-hydroxylation sites is 1. The predicted molar refractivity (Wildman–Crippen MR) is 183 cm³/mol. The number of carbonyl (C=O) groups is 6. The van der Waals surface area contributed by atoms with Crippen LogP contribution in [-0.2, 0) is 28.7 Å². The number of aromatic hydroxyl groups is 1. The first kappa shape index (κ1) is 36.9. The zero-order chi connectivity index (χ0) is 36.2. The van der Waals surface area contributed by atoms with Gasteiger partial charge in [0, 0.05) is 48.4 Å². The van der Waals surface area contributed by atoms with Crippen molar-refractivity contribution in [3.8, 4) is 17.0 Å². The van der Waals surface area contributed by atoms with E-state index in [0.717, 1.165) is 4.90 Å². The first-order valence-electron chi connectivity index (χ1n) is 16.0. The fraction of sp³-hybridized carbons (Fsp3) is 0.353. The number of rotatable bonds is 15. The Balaban J connectivity index is 1.22. The standard InChI is InChI=1S/C34H40N8O8/c1-21(10-11-30(46)36-19-43)42(20-44)34(49)24-7-5-8-26(22(24)2)38-32(48)18-50-17-31(47)37-23-12-14-41(15-13-23)28-16-27(39-40-33(28)35)25-6-3-4-9-29(25)45/h3-9,16,19-21,23,45H,10-15,17-18H2,1-2H3,(H2,35,40)(H,37,47)(H,38,48)(H,36,43,46). The van der Waals surface area contributed by atoms with Crippen LogP contribution in [0, 0.1) is 6.92 Å². The van der Waals surface area contributed by atoms with Gasteiger partial charge in [0.05, 0.1) is 11.4 Å². The van der Waals surface area contributed by atoms with Gasteiger partial charge in [-0.05, 0) is 69.0 Å². The highest BCUT2D eigenvalue weighted by Gasteiger charge is 2.25. The zero-order valence-electron chi connectivity index (χ0n) is 27.8. The minimum atomic E-state index is -0.635. The summed E-state index contributed by atoms with van der Waals surface area (Å²) < 4.78 is 5.35. The van der Waals surface area contributed by atoms with Gasteiger partial charge < -0.3 is 31.1 Å². The molecule has 16 nitrogen and oxygen atoms in total. The second-order valence-corrected chi connectivity index (χ2v) is 11.8. The molecule has 1 unspecified atom stereocenters. The molecule has 0 saturated carbocycles. The molecule has 3 aromatic rings. The second kappa shape index (κ2) is 17.5. The van der Waals surface area contributed by atoms with Crippen molar-refractivity contribution in [2.24, 2.45) is 0 Å². The number of piperidine rings is 1. The van der Waals surface area contributed by atoms with Crippen molar-refractivity contribution < 1.29 is 38.6 Å². The Morgan fingerprint density at radius 3 is 2.46 bits per heavy atom. The van der Waals surface area contributed by atoms with Crippen LogP contribution in [0.15, 0.2) is 48.5 Å². The van der Waals surface area contributed by atoms with Gasteiger partial charge in [0.2, 0.25) is 30.5 Å². The van der Waals surface area contributed by atoms with Gasteiger partial charge in [-0.25, -0.2) is 0 Å². The number of imide groups is 2. The highest BCUT2D eigenvalue weighted by molar-refractivity contribution is 6.03. The molecule has 50 heavy (non-hydrogen) atoms. The number of anilines is 3. The number of nitrogens with one attached hydrogen (secondary N) is 3. The maximum Gasteiger partial charge on any atom is 0.260 e. The van der Waals surface area contributed by atoms with Crippen molar-refractivity contribution in [1.29, 1.82) is 0 Å². The number of nitrogens with two attached hydrogens (primary N) is 1. The number of phenolic OH excluding ortho intramolecular Hbond substituents is 1. The van der Waals surface area contributed by atoms with Gasteiger partial charge in [-0.2, -0.15) is 0 Å². The number of ether oxygens (including phenoxy) is 1. The third kappa shape index (κ3) is 9.59. The molecule has 16 heteroatoms. The Labute approximate surface area is 288 Å². The Kier molecular flexibility index (Phi) is 12.9. The van der Waals surface area contributed by atoms with Crippen LogP contribution in [0.1, 0.15) is 48.5 Å². The van der Waals surface area contributed by atoms with Crippen LogP contribution in [0.5, 0.6) is 5.75 Å². The molecule has 2 heterocycles. The van der Waals surface area contributed by atoms with E-state index in [-0.39, 0.29) is 54.9 Å². The highest BCUT2D eigenvalue weighted by Crippen LogP contribution is 2.32. The van der Waals surface area contributed by atoms with Crippen molar-refractivity contribution in [3.05, 3.63) is 59.7 Å². The fourth-order valence-electron chi connectivity index (χ4n) is 5.53. The third-order valence-corrected chi connectivity index (χ3v) is 8.32. The number of hydrogen-bond donors (Lipinski definition) is 5. The van der Waals surface area contributed by atoms with E-state index in [1.807, 2.05) is 5.32 Å². The van der Waals surface area contributed by atoms with Gasteiger partial charge >= 0.3 is 0 Å². The summed E-state index contributed by atoms with van der Waals surface area (Å²) in [6.07, 6.45) is 1.98. The lowest BCUT2D eigenvalue weighted by Gasteiger charge is -2.34. The Morgan fingerprint density at radius 1 is 1.04 bits per heavy atom. The van der Waals surface area contributed by atoms with E-state index in [0.29, 0.717) is 60.5 Å². The molecular weight excluding hydrogens is 648 g/mol. The van der Waals surface area contributed by atoms with Crippen molar-refractivity contribution in [1.82, 2.24) is 25.7 Å². The van der Waals surface area contributed by atoms with Gasteiger partial charge in [0.25, 0.3) is 5.91 Å². The third-order valence-electron chi connectivity index (χ3n) is 8.32. The van der Waals surface area contributed by atoms with Crippen molar-refractivity contribution >= 4 is 53.6 Å². The number of nitrogens with zero attached hydrogens (tertiary/aromatic N) is 4. The molecule has 4 rings (SSSR count). The van der Waals surface area contributed by atoms with E-state index in [4.69, 9.17) is 10.5 Å². The summed E-state index contributed by atoms with van der Waals surface area (Å²) in [4.78, 5) is 75.2. The normalized spacial score (nSPS) is 13.5. The summed E-state index contributed by atoms with van der Waals surface area (Å²) in [6, 6.07) is 12.5. The summed E-state index contributed by atoms with van der Waals surface area (Å²) in [5.74, 6) is -1.72. The molecule has 0 spiro atoms. The van der Waals surface area contributed by atoms with Gasteiger partial charge in [-0.3, -0.25) is 39.0 Å². The van der Waals surface area contributed by atoms with Crippen LogP contribution in [-0.4, -0.2) is 95.0 Å². The summed E-state index contributed by atoms with van der Waals surface area (Å²) in [5.41, 5.74) is 8.74. The van der Waals surface area contributed by atoms with Gasteiger partial charge in [0.1, 0.15) is 19.0 Å². The summed E-state index contributed by atoms with van der Waals surface area (Å²) in [5, 5.41) is 26.0. The second-order valence-electron chi connectivity index (χ2n) is 11.8. The molecule has 6 amide bonds. The summed E-state index contributed by atoms with van der Waals surface area (Å²) in [6.45, 7) is 3.63. The molecular formula is C34H40N8O8. The lowest BCUT2D eigenvalue weighted by atomic mass is 10.0. The Bertz CT molecular complexity index is 1730. The van der Waals surface area contributed by atoms with Crippen LogP contribution in [0.3, 0.4) is 0 Å². The van der Waals surface area contributed by atoms with Gasteiger partial charge in [0.15, 0.2) is 5.82 Å². The lowest BCUT2D eigenvalue weighted by molar-refractivity contribution is -0.129. The average Bonchev–Trinajstić information content (AvgIpc) is 3.09. The van der Waals surface area contributed by atoms with E-state index in [1.54, 1.807) is 56.3 Å². The van der Waals surface area contributed by atoms with Gasteiger partial charge in [-0.1, -0.05) is 18.2 Å². The molecule has 1 saturated heterocycles. The monoisotopic (exact) mass is 688 g/mol. The number of aromatic nitrogens is 2. The molecule has 2 aromatic carbocycles. The summed E-state index contributed by atoms with van der Waals surface area (Å²) in [7, 11) is 0. The number of benzene rings is 2. The van der Waals surface area contributed by atoms with Crippen LogP contribution in [0.2, 0.25) is 0 Å². The van der Waals surface area contributed by atoms with Gasteiger partial charge in [-0.15, -0.1) is 10.2 Å². The van der Waals surface area contributed by atoms with E-state index in [9.17, 15) is 33.9 Å². The maximum absolute atomic E-state index is 13.2. The minimum Gasteiger partial charge on any atom is -0.507 e. The fourth-order valence-corrected chi connectivity index (χ4v) is 5.53. The Morgan fingerprint density at radius 2 is 1.76 bits per heavy atom. The molecule has 264 valence electrons. The molecule has 0 aliphatic carbocycles. The van der Waals surface area contributed by atoms with Crippen LogP contribution < -0.4 is 26.6 Å². The number of amides is 6. The minimum absolute atomic E-state index is 0.0622. The SMILES string of the molecule is Cc1c(NC(=O)COCC(=O)NC2CCN(c3cc(-c4ccccc4O)nnc3N)CC2)cccc1C(=O)N(C=O)C(C)CCC(=O)NC=O. The van der Waals surface area contributed by atoms with E-state index in [2.05, 4.69) is 25.7 Å². The topological polar surface area (TPSA) is 226 Å². The highest BCUT2D eigenvalue weighted by atomic mass is 16.5. The zero-order valence-corrected chi connectivity index (χ0v) is 27.8. The van der Waals surface area contributed by atoms with Crippen LogP contribution in [0.4, 0.5) is 17.2 Å². The Hall–Kier alpha value is -5.90. The molecule has 6 N–H and O–H groups in total. The first-order chi connectivity index (χ1) is 24.0. The predicted octanol–water partition coefficient (Wildman–Crippen LogP) is 1.52. The van der Waals surface area contributed by atoms with Crippen molar-refractivity contribution in [2.75, 3.05) is 42.3 Å². The largest absolute Gasteiger partial charge is 0.507 e. The molecule has 0 bridgehead atoms. The number of hydrogen-bond acceptors (Lipinski definition) is 12. The van der Waals surface area contributed by atoms with Crippen molar-refractivity contribution in [3.63, 3.8) is 0 Å². The number of phenols is 1. The molecule has 1 atom stereocenters. The van der Waals surface area contributed by atoms with Crippen LogP contribution >= 0.6 is 0 Å². The van der Waals surface area contributed by atoms with E-state index in [1.165, 1.54) is 6.07 Å². The molecule has 1 aliphatic rings. The van der Waals surface area contributed by atoms with Crippen LogP contribution in [0.25, 0.3) is 11.3 Å². The lowest BCUT2D eigenvalue weighted by Crippen LogP contribution is -2.46. The quantitative estimate of drug-likeness (QED) is 0.143. The maximum atomic E-state index is 13.2.